The predicted octanol–water partition coefficient (Wildman–Crippen LogP) is 7.98. The quantitative estimate of drug-likeness (QED) is 0.111. The lowest BCUT2D eigenvalue weighted by Crippen LogP contribution is -2.55. The minimum atomic E-state index is -1.39. The molecule has 8 rings (SSSR count). The van der Waals surface area contributed by atoms with E-state index in [2.05, 4.69) is 63.1 Å². The summed E-state index contributed by atoms with van der Waals surface area (Å²) in [5.74, 6) is 1.69. The Bertz CT molecular complexity index is 2340. The summed E-state index contributed by atoms with van der Waals surface area (Å²) in [6.07, 6.45) is 7.79. The van der Waals surface area contributed by atoms with Gasteiger partial charge in [0.2, 0.25) is 23.7 Å². The van der Waals surface area contributed by atoms with Crippen molar-refractivity contribution in [2.75, 3.05) is 46.9 Å². The van der Waals surface area contributed by atoms with E-state index in [4.69, 9.17) is 9.97 Å². The summed E-state index contributed by atoms with van der Waals surface area (Å²) in [6.45, 7) is 11.2. The number of rotatable bonds is 11. The third-order valence-electron chi connectivity index (χ3n) is 10.8. The van der Waals surface area contributed by atoms with E-state index < -0.39 is 16.8 Å². The van der Waals surface area contributed by atoms with Crippen molar-refractivity contribution in [2.24, 2.45) is 5.92 Å². The molecule has 13 nitrogen and oxygen atoms in total. The molecular weight excluding hydrogens is 814 g/mol. The molecule has 3 aromatic heterocycles. The van der Waals surface area contributed by atoms with E-state index >= 15 is 4.39 Å². The molecule has 0 bridgehead atoms. The number of benzene rings is 2. The Hall–Kier alpha value is -5.61. The van der Waals surface area contributed by atoms with Gasteiger partial charge in [-0.05, 0) is 79.6 Å². The van der Waals surface area contributed by atoms with Crippen molar-refractivity contribution in [2.45, 2.75) is 77.6 Å². The highest BCUT2D eigenvalue weighted by molar-refractivity contribution is 7.86. The van der Waals surface area contributed by atoms with Crippen LogP contribution in [0.15, 0.2) is 79.1 Å². The Morgan fingerprint density at radius 2 is 1.67 bits per heavy atom. The number of likely N-dealkylation sites (tertiary alicyclic amines) is 1. The lowest BCUT2D eigenvalue weighted by molar-refractivity contribution is -0.137. The maximum absolute atomic E-state index is 16.0. The van der Waals surface area contributed by atoms with Crippen LogP contribution < -0.4 is 20.3 Å². The maximum Gasteiger partial charge on any atom is 0.229 e. The van der Waals surface area contributed by atoms with E-state index in [9.17, 15) is 18.6 Å². The molecular formula is C45H52FN9O4S2. The van der Waals surface area contributed by atoms with Crippen LogP contribution in [0, 0.1) is 11.7 Å². The van der Waals surface area contributed by atoms with Gasteiger partial charge in [-0.25, -0.2) is 28.5 Å². The Morgan fingerprint density at radius 3 is 2.31 bits per heavy atom. The fraction of sp³-hybridized carbons (Fsp3) is 0.400. The number of hydrogen-bond donors (Lipinski definition) is 3. The zero-order valence-corrected chi connectivity index (χ0v) is 36.6. The van der Waals surface area contributed by atoms with E-state index in [1.165, 1.54) is 16.9 Å². The van der Waals surface area contributed by atoms with Crippen molar-refractivity contribution in [1.29, 1.82) is 0 Å². The second-order valence-electron chi connectivity index (χ2n) is 16.5. The van der Waals surface area contributed by atoms with E-state index in [1.807, 2.05) is 48.2 Å². The monoisotopic (exact) mass is 865 g/mol. The Morgan fingerprint density at radius 1 is 0.934 bits per heavy atom. The molecule has 320 valence electrons. The van der Waals surface area contributed by atoms with Gasteiger partial charge in [-0.2, -0.15) is 0 Å². The van der Waals surface area contributed by atoms with Crippen LogP contribution in [-0.2, 0) is 30.8 Å². The first-order valence-electron chi connectivity index (χ1n) is 20.8. The largest absolute Gasteiger partial charge is 0.355 e. The zero-order chi connectivity index (χ0) is 43.1. The highest BCUT2D eigenvalue weighted by Crippen LogP contribution is 2.42. The summed E-state index contributed by atoms with van der Waals surface area (Å²) in [4.78, 5) is 57.4. The molecule has 1 unspecified atom stereocenters. The minimum Gasteiger partial charge on any atom is -0.355 e. The number of carbonyl (C=O) groups excluding carboxylic acids is 3. The molecule has 0 aliphatic carbocycles. The number of anilines is 4. The number of halogens is 1. The summed E-state index contributed by atoms with van der Waals surface area (Å²) in [5.41, 5.74) is 3.45. The van der Waals surface area contributed by atoms with E-state index in [-0.39, 0.29) is 34.7 Å². The number of aromatic nitrogens is 4. The van der Waals surface area contributed by atoms with Gasteiger partial charge in [0.15, 0.2) is 5.82 Å². The van der Waals surface area contributed by atoms with Crippen LogP contribution in [0.2, 0.25) is 0 Å². The number of imide groups is 1. The number of hydrogen-bond acceptors (Lipinski definition) is 11. The fourth-order valence-electron chi connectivity index (χ4n) is 7.41. The lowest BCUT2D eigenvalue weighted by Gasteiger charge is -2.42. The van der Waals surface area contributed by atoms with Crippen LogP contribution in [0.1, 0.15) is 82.7 Å². The van der Waals surface area contributed by atoms with Gasteiger partial charge < -0.3 is 19.8 Å². The second kappa shape index (κ2) is 19.4. The summed E-state index contributed by atoms with van der Waals surface area (Å²) in [5, 5.41) is 6.39. The highest BCUT2D eigenvalue weighted by Gasteiger charge is 2.37. The molecule has 0 spiro atoms. The molecule has 3 fully saturated rings. The first-order chi connectivity index (χ1) is 29.4. The lowest BCUT2D eigenvalue weighted by atomic mass is 9.88. The molecule has 2 aromatic carbocycles. The number of nitrogens with zero attached hydrogens (tertiary/aromatic N) is 6. The molecule has 3 N–H and O–H groups in total. The normalized spacial score (nSPS) is 16.5. The molecule has 3 saturated heterocycles. The summed E-state index contributed by atoms with van der Waals surface area (Å²) in [7, 11) is -1.39. The number of carbonyl (C=O) groups is 3. The summed E-state index contributed by atoms with van der Waals surface area (Å²) >= 11 is 1.49. The van der Waals surface area contributed by atoms with Crippen molar-refractivity contribution in [3.05, 3.63) is 95.5 Å². The number of nitrogens with one attached hydrogen (secondary N) is 3. The van der Waals surface area contributed by atoms with Crippen LogP contribution in [0.4, 0.5) is 27.5 Å². The molecule has 3 amide bonds. The molecule has 0 saturated carbocycles. The maximum atomic E-state index is 16.0. The van der Waals surface area contributed by atoms with Crippen LogP contribution >= 0.6 is 11.3 Å². The average Bonchev–Trinajstić information content (AvgIpc) is 3.69. The van der Waals surface area contributed by atoms with Gasteiger partial charge in [-0.1, -0.05) is 52.0 Å². The molecule has 3 aliphatic heterocycles. The van der Waals surface area contributed by atoms with Gasteiger partial charge in [0.25, 0.3) is 0 Å². The summed E-state index contributed by atoms with van der Waals surface area (Å²) in [6, 6.07) is 21.1. The molecule has 16 heteroatoms. The van der Waals surface area contributed by atoms with Gasteiger partial charge in [0.05, 0.1) is 32.9 Å². The van der Waals surface area contributed by atoms with Gasteiger partial charge in [-0.3, -0.25) is 19.7 Å². The van der Waals surface area contributed by atoms with Gasteiger partial charge in [-0.15, -0.1) is 11.3 Å². The van der Waals surface area contributed by atoms with Gasteiger partial charge >= 0.3 is 0 Å². The van der Waals surface area contributed by atoms with Crippen LogP contribution in [0.3, 0.4) is 0 Å². The Balaban J connectivity index is 0.000000630. The Labute approximate surface area is 362 Å². The molecule has 0 radical (unpaired) electrons. The number of piperidine rings is 2. The smallest absolute Gasteiger partial charge is 0.229 e. The van der Waals surface area contributed by atoms with Crippen molar-refractivity contribution in [3.8, 4) is 21.8 Å². The predicted molar refractivity (Wildman–Crippen MR) is 239 cm³/mol. The third-order valence-corrected chi connectivity index (χ3v) is 13.5. The fourth-order valence-corrected chi connectivity index (χ4v) is 9.39. The molecule has 6 heterocycles. The molecule has 61 heavy (non-hydrogen) atoms. The van der Waals surface area contributed by atoms with Crippen molar-refractivity contribution >= 4 is 63.2 Å². The van der Waals surface area contributed by atoms with Gasteiger partial charge in [0, 0.05) is 73.8 Å². The van der Waals surface area contributed by atoms with E-state index in [0.29, 0.717) is 53.8 Å². The number of thiazole rings is 1. The number of pyridine rings is 1. The van der Waals surface area contributed by atoms with Crippen LogP contribution in [0.5, 0.6) is 0 Å². The van der Waals surface area contributed by atoms with Crippen molar-refractivity contribution < 1.29 is 23.0 Å². The van der Waals surface area contributed by atoms with E-state index in [0.717, 1.165) is 66.8 Å². The van der Waals surface area contributed by atoms with Crippen molar-refractivity contribution in [3.63, 3.8) is 0 Å². The highest BCUT2D eigenvalue weighted by atomic mass is 32.2. The number of amides is 3. The molecule has 5 aromatic rings. The Kier molecular flexibility index (Phi) is 13.8. The van der Waals surface area contributed by atoms with Crippen LogP contribution in [0.25, 0.3) is 21.8 Å². The second-order valence-corrected chi connectivity index (χ2v) is 18.8. The van der Waals surface area contributed by atoms with Gasteiger partial charge in [0.1, 0.15) is 16.8 Å². The average molecular weight is 866 g/mol. The topological polar surface area (TPSA) is 162 Å². The SMILES string of the molecule is CCCS(=O)Nc1cccc(-c2nc(C(C)(C)C)sc2-c2ccnc(Nc3ccc(C4CCN(C(=O)C5CN(c6ccccn6)C5)CC4)cc3)n2)c1F.O=C1CCCC(=O)N1. The van der Waals surface area contributed by atoms with E-state index in [1.54, 1.807) is 30.6 Å². The molecule has 3 aliphatic rings. The van der Waals surface area contributed by atoms with Crippen LogP contribution in [-0.4, -0.2) is 78.7 Å². The first kappa shape index (κ1) is 43.5. The first-order valence-corrected chi connectivity index (χ1v) is 22.9. The molecule has 1 atom stereocenters. The van der Waals surface area contributed by atoms with Crippen molar-refractivity contribution in [1.82, 2.24) is 30.2 Å². The minimum absolute atomic E-state index is 0.0425. The zero-order valence-electron chi connectivity index (χ0n) is 34.9. The summed E-state index contributed by atoms with van der Waals surface area (Å²) < 4.78 is 31.2. The third kappa shape index (κ3) is 10.8. The standard InChI is InChI=1S/C40H45FN8O2S2.C5H7NO2/c1-5-23-53(51)47-31-10-8-9-30(34(31)41)35-36(52-38(46-35)40(2,3)4)32-16-20-43-39(45-32)44-29-14-12-26(13-15-29)27-17-21-48(22-18-27)37(50)28-24-49(25-28)33-11-6-7-19-42-33;7-4-2-1-3-5(8)6-4/h6-16,19-20,27-28,47H,5,17-18,21-25H2,1-4H3,(H,43,44,45);1-3H2,(H,6,7,8).